The van der Waals surface area contributed by atoms with Gasteiger partial charge in [0.05, 0.1) is 6.54 Å². The van der Waals surface area contributed by atoms with Crippen LogP contribution in [0.3, 0.4) is 0 Å². The monoisotopic (exact) mass is 462 g/mol. The van der Waals surface area contributed by atoms with Gasteiger partial charge in [0.2, 0.25) is 17.8 Å². The first-order valence-corrected chi connectivity index (χ1v) is 10.3. The molecule has 0 saturated carbocycles. The van der Waals surface area contributed by atoms with E-state index in [2.05, 4.69) is 25.6 Å². The lowest BCUT2D eigenvalue weighted by molar-refractivity contribution is -0.140. The fraction of sp³-hybridized carbons (Fsp3) is 0.263. The van der Waals surface area contributed by atoms with Crippen molar-refractivity contribution in [2.75, 3.05) is 11.1 Å². The maximum absolute atomic E-state index is 13.3. The van der Waals surface area contributed by atoms with Gasteiger partial charge in [-0.3, -0.25) is 29.3 Å². The van der Waals surface area contributed by atoms with Crippen molar-refractivity contribution in [1.29, 1.82) is 0 Å². The lowest BCUT2D eigenvalue weighted by atomic mass is 10.2. The number of carbonyl (C=O) groups excluding carboxylic acids is 2. The third-order valence-electron chi connectivity index (χ3n) is 4.17. The first-order chi connectivity index (χ1) is 15.1. The van der Waals surface area contributed by atoms with E-state index in [9.17, 15) is 28.7 Å². The van der Waals surface area contributed by atoms with Crippen LogP contribution >= 0.6 is 11.8 Å². The highest BCUT2D eigenvalue weighted by molar-refractivity contribution is 7.99. The molecule has 3 rings (SSSR count). The average molecular weight is 462 g/mol. The molecule has 2 amide bonds. The van der Waals surface area contributed by atoms with Gasteiger partial charge in [0, 0.05) is 19.6 Å². The van der Waals surface area contributed by atoms with Gasteiger partial charge in [0.25, 0.3) is 5.56 Å². The normalized spacial score (nSPS) is 11.8. The molecule has 1 atom stereocenters. The van der Waals surface area contributed by atoms with Crippen LogP contribution in [0.4, 0.5) is 10.3 Å². The number of anilines is 1. The molecule has 0 aliphatic heterocycles. The number of carboxylic acid groups (broad SMARTS) is 1. The number of benzene rings is 1. The summed E-state index contributed by atoms with van der Waals surface area (Å²) in [5.74, 6) is -2.73. The van der Waals surface area contributed by atoms with Crippen molar-refractivity contribution in [3.63, 3.8) is 0 Å². The molecule has 13 heteroatoms. The lowest BCUT2D eigenvalue weighted by Gasteiger charge is -2.13. The third-order valence-corrected chi connectivity index (χ3v) is 5.24. The summed E-state index contributed by atoms with van der Waals surface area (Å²) in [5.41, 5.74) is 0.202. The van der Waals surface area contributed by atoms with E-state index < -0.39 is 35.2 Å². The summed E-state index contributed by atoms with van der Waals surface area (Å²) in [5, 5.41) is 14.3. The molecule has 2 aromatic heterocycles. The van der Waals surface area contributed by atoms with Crippen LogP contribution in [0.1, 0.15) is 19.4 Å². The number of imidazole rings is 1. The Labute approximate surface area is 184 Å². The van der Waals surface area contributed by atoms with E-state index in [1.165, 1.54) is 26.0 Å². The molecule has 3 aromatic rings. The van der Waals surface area contributed by atoms with Crippen LogP contribution in [0.15, 0.2) is 34.2 Å². The van der Waals surface area contributed by atoms with Crippen molar-refractivity contribution < 1.29 is 23.9 Å². The van der Waals surface area contributed by atoms with Crippen molar-refractivity contribution >= 4 is 46.7 Å². The highest BCUT2D eigenvalue weighted by Gasteiger charge is 2.22. The fourth-order valence-electron chi connectivity index (χ4n) is 2.82. The Balaban J connectivity index is 2.04. The minimum absolute atomic E-state index is 0.0184. The van der Waals surface area contributed by atoms with Crippen molar-refractivity contribution in [3.05, 3.63) is 46.0 Å². The van der Waals surface area contributed by atoms with E-state index >= 15 is 0 Å². The fourth-order valence-corrected chi connectivity index (χ4v) is 3.82. The second-order valence-electron chi connectivity index (χ2n) is 6.78. The molecule has 0 aliphatic carbocycles. The topological polar surface area (TPSA) is 159 Å². The van der Waals surface area contributed by atoms with E-state index in [1.807, 2.05) is 0 Å². The van der Waals surface area contributed by atoms with Crippen LogP contribution in [0.5, 0.6) is 0 Å². The van der Waals surface area contributed by atoms with E-state index in [0.29, 0.717) is 5.56 Å². The SMILES string of the molecule is CC(=O)Nc1nc2c(nc(SCC(NC(C)=O)C(=O)O)n2Cc2ccc(F)cc2)c(=O)[nH]1. The Morgan fingerprint density at radius 2 is 1.88 bits per heavy atom. The number of nitrogens with one attached hydrogen (secondary N) is 3. The van der Waals surface area contributed by atoms with Crippen LogP contribution in [0.2, 0.25) is 0 Å². The number of carbonyl (C=O) groups is 3. The van der Waals surface area contributed by atoms with Gasteiger partial charge in [0.15, 0.2) is 16.3 Å². The zero-order chi connectivity index (χ0) is 23.4. The first kappa shape index (κ1) is 22.9. The van der Waals surface area contributed by atoms with E-state index in [1.54, 1.807) is 16.7 Å². The summed E-state index contributed by atoms with van der Waals surface area (Å²) in [6.07, 6.45) is 0. The summed E-state index contributed by atoms with van der Waals surface area (Å²) in [7, 11) is 0. The molecule has 1 unspecified atom stereocenters. The van der Waals surface area contributed by atoms with E-state index in [0.717, 1.165) is 11.8 Å². The van der Waals surface area contributed by atoms with E-state index in [-0.39, 0.29) is 34.6 Å². The number of hydrogen-bond donors (Lipinski definition) is 4. The molecule has 0 bridgehead atoms. The second-order valence-corrected chi connectivity index (χ2v) is 7.76. The number of nitrogens with zero attached hydrogens (tertiary/aromatic N) is 3. The summed E-state index contributed by atoms with van der Waals surface area (Å²) in [6, 6.07) is 4.48. The quantitative estimate of drug-likeness (QED) is 0.360. The number of fused-ring (bicyclic) bond motifs is 1. The molecule has 0 fully saturated rings. The van der Waals surface area contributed by atoms with Gasteiger partial charge in [0.1, 0.15) is 11.9 Å². The number of halogens is 1. The summed E-state index contributed by atoms with van der Waals surface area (Å²) >= 11 is 1.00. The molecule has 0 spiro atoms. The molecule has 1 aromatic carbocycles. The number of amides is 2. The van der Waals surface area contributed by atoms with Crippen LogP contribution in [-0.4, -0.2) is 54.2 Å². The van der Waals surface area contributed by atoms with Gasteiger partial charge in [-0.05, 0) is 17.7 Å². The molecular formula is C19H19FN6O5S. The average Bonchev–Trinajstić information content (AvgIpc) is 3.04. The Morgan fingerprint density at radius 3 is 2.47 bits per heavy atom. The number of aromatic nitrogens is 4. The molecule has 2 heterocycles. The predicted molar refractivity (Wildman–Crippen MR) is 114 cm³/mol. The predicted octanol–water partition coefficient (Wildman–Crippen LogP) is 0.947. The van der Waals surface area contributed by atoms with Crippen LogP contribution in [0.25, 0.3) is 11.2 Å². The lowest BCUT2D eigenvalue weighted by Crippen LogP contribution is -2.41. The molecule has 32 heavy (non-hydrogen) atoms. The van der Waals surface area contributed by atoms with Crippen molar-refractivity contribution in [2.45, 2.75) is 31.6 Å². The number of aliphatic carboxylic acids is 1. The Bertz CT molecular complexity index is 1240. The van der Waals surface area contributed by atoms with Gasteiger partial charge < -0.3 is 10.4 Å². The molecular weight excluding hydrogens is 443 g/mol. The summed E-state index contributed by atoms with van der Waals surface area (Å²) in [4.78, 5) is 57.6. The molecule has 0 radical (unpaired) electrons. The zero-order valence-corrected chi connectivity index (χ0v) is 17.8. The van der Waals surface area contributed by atoms with Gasteiger partial charge in [-0.2, -0.15) is 4.98 Å². The standard InChI is InChI=1S/C19H19FN6O5S/c1-9(27)21-13(17(30)31)8-32-19-23-14-15(24-18(22-10(2)28)25-16(14)29)26(19)7-11-3-5-12(20)6-4-11/h3-6,13H,7-8H2,1-2H3,(H,21,27)(H,30,31)(H2,22,24,25,28,29). The van der Waals surface area contributed by atoms with Gasteiger partial charge in [-0.25, -0.2) is 14.2 Å². The van der Waals surface area contributed by atoms with Gasteiger partial charge in [-0.1, -0.05) is 23.9 Å². The molecule has 168 valence electrons. The Hall–Kier alpha value is -3.74. The highest BCUT2D eigenvalue weighted by atomic mass is 32.2. The molecule has 0 aliphatic rings. The second kappa shape index (κ2) is 9.60. The number of rotatable bonds is 8. The number of thioether (sulfide) groups is 1. The first-order valence-electron chi connectivity index (χ1n) is 9.29. The van der Waals surface area contributed by atoms with E-state index in [4.69, 9.17) is 0 Å². The van der Waals surface area contributed by atoms with Crippen LogP contribution in [0, 0.1) is 5.82 Å². The molecule has 4 N–H and O–H groups in total. The maximum atomic E-state index is 13.3. The summed E-state index contributed by atoms with van der Waals surface area (Å²) in [6.45, 7) is 2.61. The number of H-pyrrole nitrogens is 1. The van der Waals surface area contributed by atoms with Crippen LogP contribution in [-0.2, 0) is 20.9 Å². The number of aromatic amines is 1. The third kappa shape index (κ3) is 5.49. The largest absolute Gasteiger partial charge is 0.480 e. The van der Waals surface area contributed by atoms with Crippen molar-refractivity contribution in [1.82, 2.24) is 24.8 Å². The van der Waals surface area contributed by atoms with Gasteiger partial charge in [-0.15, -0.1) is 0 Å². The van der Waals surface area contributed by atoms with Gasteiger partial charge >= 0.3 is 5.97 Å². The number of hydrogen-bond acceptors (Lipinski definition) is 7. The summed E-state index contributed by atoms with van der Waals surface area (Å²) < 4.78 is 14.9. The minimum atomic E-state index is -1.22. The Morgan fingerprint density at radius 1 is 1.19 bits per heavy atom. The van der Waals surface area contributed by atoms with Crippen LogP contribution < -0.4 is 16.2 Å². The Kier molecular flexibility index (Phi) is 6.88. The van der Waals surface area contributed by atoms with Crippen molar-refractivity contribution in [3.8, 4) is 0 Å². The molecule has 0 saturated heterocycles. The smallest absolute Gasteiger partial charge is 0.327 e. The zero-order valence-electron chi connectivity index (χ0n) is 17.0. The highest BCUT2D eigenvalue weighted by Crippen LogP contribution is 2.24. The van der Waals surface area contributed by atoms with Crippen molar-refractivity contribution in [2.24, 2.45) is 0 Å². The number of carboxylic acids is 1. The maximum Gasteiger partial charge on any atom is 0.327 e. The minimum Gasteiger partial charge on any atom is -0.480 e. The molecule has 11 nitrogen and oxygen atoms in total.